The van der Waals surface area contributed by atoms with Crippen molar-refractivity contribution in [1.29, 1.82) is 0 Å². The van der Waals surface area contributed by atoms with Crippen molar-refractivity contribution in [2.75, 3.05) is 14.1 Å². The van der Waals surface area contributed by atoms with Crippen molar-refractivity contribution < 1.29 is 4.74 Å². The minimum atomic E-state index is 0.474. The second-order valence-corrected chi connectivity index (χ2v) is 6.85. The summed E-state index contributed by atoms with van der Waals surface area (Å²) >= 11 is 5.28. The first-order valence-corrected chi connectivity index (χ1v) is 8.96. The van der Waals surface area contributed by atoms with E-state index < -0.39 is 0 Å². The summed E-state index contributed by atoms with van der Waals surface area (Å²) < 4.78 is 8.26. The molecular weight excluding hydrogens is 328 g/mol. The van der Waals surface area contributed by atoms with Gasteiger partial charge in [0.25, 0.3) is 5.17 Å². The third-order valence-corrected chi connectivity index (χ3v) is 4.84. The fourth-order valence-electron chi connectivity index (χ4n) is 2.99. The van der Waals surface area contributed by atoms with Crippen LogP contribution in [-0.4, -0.2) is 28.7 Å². The van der Waals surface area contributed by atoms with Gasteiger partial charge in [0.2, 0.25) is 0 Å². The van der Waals surface area contributed by atoms with Gasteiger partial charge in [-0.2, -0.15) is 0 Å². The Morgan fingerprint density at radius 2 is 1.84 bits per heavy atom. The first kappa shape index (κ1) is 17.5. The van der Waals surface area contributed by atoms with Crippen LogP contribution in [0.4, 0.5) is 0 Å². The van der Waals surface area contributed by atoms with E-state index in [1.807, 2.05) is 14.1 Å². The molecule has 0 aliphatic carbocycles. The molecule has 0 amide bonds. The lowest BCUT2D eigenvalue weighted by atomic mass is 10.1. The number of rotatable bonds is 4. The van der Waals surface area contributed by atoms with Crippen LogP contribution in [0.1, 0.15) is 23.7 Å². The molecule has 0 unspecified atom stereocenters. The van der Waals surface area contributed by atoms with E-state index in [0.717, 1.165) is 24.3 Å². The highest BCUT2D eigenvalue weighted by Crippen LogP contribution is 2.29. The Morgan fingerprint density at radius 1 is 1.12 bits per heavy atom. The molecule has 0 spiro atoms. The molecule has 1 aromatic heterocycles. The number of benzene rings is 2. The Labute approximate surface area is 154 Å². The van der Waals surface area contributed by atoms with Crippen molar-refractivity contribution in [2.45, 2.75) is 26.8 Å². The maximum absolute atomic E-state index is 5.86. The Hall–Kier alpha value is -2.33. The number of aryl methyl sites for hydroxylation is 2. The molecule has 3 nitrogen and oxygen atoms in total. The topological polar surface area (TPSA) is 17.4 Å². The van der Waals surface area contributed by atoms with E-state index in [2.05, 4.69) is 66.9 Å². The van der Waals surface area contributed by atoms with Gasteiger partial charge < -0.3 is 14.2 Å². The predicted molar refractivity (Wildman–Crippen MR) is 109 cm³/mol. The molecule has 4 heteroatoms. The highest BCUT2D eigenvalue weighted by Gasteiger charge is 2.13. The van der Waals surface area contributed by atoms with Gasteiger partial charge in [-0.25, -0.2) is 0 Å². The lowest BCUT2D eigenvalue weighted by molar-refractivity contribution is 0.447. The molecule has 0 aliphatic rings. The first-order valence-electron chi connectivity index (χ1n) is 8.55. The number of nitrogens with zero attached hydrogens (tertiary/aromatic N) is 2. The van der Waals surface area contributed by atoms with Gasteiger partial charge >= 0.3 is 0 Å². The SMILES string of the molecule is CCc1cc2cc(OC(=S)N(C)C)c(C)cc2n1Cc1ccccc1. The molecule has 1 heterocycles. The average Bonchev–Trinajstić information content (AvgIpc) is 2.93. The second kappa shape index (κ2) is 7.28. The summed E-state index contributed by atoms with van der Waals surface area (Å²) in [4.78, 5) is 1.80. The third kappa shape index (κ3) is 3.69. The standard InChI is InChI=1S/C21H24N2OS/c1-5-18-12-17-13-20(24-21(25)22(3)4)15(2)11-19(17)23(18)14-16-9-7-6-8-10-16/h6-13H,5,14H2,1-4H3. The van der Waals surface area contributed by atoms with Crippen molar-refractivity contribution in [3.05, 3.63) is 65.4 Å². The van der Waals surface area contributed by atoms with Gasteiger partial charge in [0.05, 0.1) is 0 Å². The van der Waals surface area contributed by atoms with Crippen LogP contribution < -0.4 is 4.74 Å². The number of hydrogen-bond acceptors (Lipinski definition) is 2. The fourth-order valence-corrected chi connectivity index (χ4v) is 3.08. The minimum Gasteiger partial charge on any atom is -0.431 e. The number of hydrogen-bond donors (Lipinski definition) is 0. The molecule has 0 fully saturated rings. The van der Waals surface area contributed by atoms with E-state index in [1.54, 1.807) is 4.90 Å². The van der Waals surface area contributed by atoms with Crippen molar-refractivity contribution in [1.82, 2.24) is 9.47 Å². The van der Waals surface area contributed by atoms with Crippen LogP contribution in [0.25, 0.3) is 10.9 Å². The van der Waals surface area contributed by atoms with E-state index in [4.69, 9.17) is 17.0 Å². The van der Waals surface area contributed by atoms with E-state index in [-0.39, 0.29) is 0 Å². The van der Waals surface area contributed by atoms with Gasteiger partial charge in [0.15, 0.2) is 0 Å². The maximum atomic E-state index is 5.86. The van der Waals surface area contributed by atoms with Gasteiger partial charge in [-0.15, -0.1) is 0 Å². The summed E-state index contributed by atoms with van der Waals surface area (Å²) in [5, 5.41) is 1.66. The summed E-state index contributed by atoms with van der Waals surface area (Å²) in [6, 6.07) is 17.1. The van der Waals surface area contributed by atoms with Gasteiger partial charge in [-0.3, -0.25) is 0 Å². The lowest BCUT2D eigenvalue weighted by Crippen LogP contribution is -2.25. The molecular formula is C21H24N2OS. The molecule has 0 atom stereocenters. The van der Waals surface area contributed by atoms with Crippen molar-refractivity contribution >= 4 is 28.3 Å². The Bertz CT molecular complexity index is 897. The molecule has 0 N–H and O–H groups in total. The number of thiocarbonyl (C=S) groups is 1. The summed E-state index contributed by atoms with van der Waals surface area (Å²) in [6.45, 7) is 5.14. The van der Waals surface area contributed by atoms with Crippen molar-refractivity contribution in [3.63, 3.8) is 0 Å². The van der Waals surface area contributed by atoms with Crippen LogP contribution in [0.15, 0.2) is 48.5 Å². The van der Waals surface area contributed by atoms with Crippen molar-refractivity contribution in [2.24, 2.45) is 0 Å². The number of aromatic nitrogens is 1. The molecule has 0 saturated carbocycles. The second-order valence-electron chi connectivity index (χ2n) is 6.50. The summed E-state index contributed by atoms with van der Waals surface area (Å²) in [6.07, 6.45) is 0.993. The zero-order valence-electron chi connectivity index (χ0n) is 15.2. The largest absolute Gasteiger partial charge is 0.431 e. The molecule has 3 aromatic rings. The smallest absolute Gasteiger partial charge is 0.264 e. The highest BCUT2D eigenvalue weighted by molar-refractivity contribution is 7.80. The van der Waals surface area contributed by atoms with Crippen LogP contribution in [0, 0.1) is 6.92 Å². The highest BCUT2D eigenvalue weighted by atomic mass is 32.1. The molecule has 0 aliphatic heterocycles. The van der Waals surface area contributed by atoms with Gasteiger partial charge in [-0.05, 0) is 54.9 Å². The quantitative estimate of drug-likeness (QED) is 0.629. The zero-order valence-corrected chi connectivity index (χ0v) is 16.1. The number of ether oxygens (including phenoxy) is 1. The molecule has 3 rings (SSSR count). The van der Waals surface area contributed by atoms with E-state index in [9.17, 15) is 0 Å². The third-order valence-electron chi connectivity index (χ3n) is 4.39. The summed E-state index contributed by atoms with van der Waals surface area (Å²) in [5.74, 6) is 0.825. The predicted octanol–water partition coefficient (Wildman–Crippen LogP) is 4.79. The first-order chi connectivity index (χ1) is 12.0. The Kier molecular flexibility index (Phi) is 5.09. The van der Waals surface area contributed by atoms with Crippen LogP contribution in [0.3, 0.4) is 0 Å². The average molecular weight is 353 g/mol. The van der Waals surface area contributed by atoms with Crippen LogP contribution in [-0.2, 0) is 13.0 Å². The summed E-state index contributed by atoms with van der Waals surface area (Å²) in [5.41, 5.74) is 4.96. The Morgan fingerprint density at radius 3 is 2.48 bits per heavy atom. The zero-order chi connectivity index (χ0) is 18.0. The molecule has 2 aromatic carbocycles. The molecule has 0 radical (unpaired) electrons. The molecule has 25 heavy (non-hydrogen) atoms. The van der Waals surface area contributed by atoms with Crippen LogP contribution in [0.5, 0.6) is 5.75 Å². The van der Waals surface area contributed by atoms with E-state index in [1.165, 1.54) is 22.2 Å². The van der Waals surface area contributed by atoms with E-state index >= 15 is 0 Å². The monoisotopic (exact) mass is 352 g/mol. The molecule has 0 saturated heterocycles. The van der Waals surface area contributed by atoms with Gasteiger partial charge in [0.1, 0.15) is 5.75 Å². The number of fused-ring (bicyclic) bond motifs is 1. The minimum absolute atomic E-state index is 0.474. The fraction of sp³-hybridized carbons (Fsp3) is 0.286. The van der Waals surface area contributed by atoms with Crippen molar-refractivity contribution in [3.8, 4) is 5.75 Å². The maximum Gasteiger partial charge on any atom is 0.264 e. The molecule has 130 valence electrons. The Balaban J connectivity index is 2.03. The summed E-state index contributed by atoms with van der Waals surface area (Å²) in [7, 11) is 3.78. The normalized spacial score (nSPS) is 10.9. The molecule has 0 bridgehead atoms. The van der Waals surface area contributed by atoms with Crippen LogP contribution >= 0.6 is 12.2 Å². The van der Waals surface area contributed by atoms with Gasteiger partial charge in [-0.1, -0.05) is 37.3 Å². The lowest BCUT2D eigenvalue weighted by Gasteiger charge is -2.16. The van der Waals surface area contributed by atoms with E-state index in [0.29, 0.717) is 5.17 Å². The van der Waals surface area contributed by atoms with Crippen LogP contribution in [0.2, 0.25) is 0 Å². The van der Waals surface area contributed by atoms with Gasteiger partial charge in [0, 0.05) is 37.2 Å².